The Morgan fingerprint density at radius 1 is 0.327 bits per heavy atom. The van der Waals surface area contributed by atoms with Gasteiger partial charge in [0.1, 0.15) is 11.2 Å². The number of carbonyl (C=O) groups excluding carboxylic acids is 2. The van der Waals surface area contributed by atoms with Crippen molar-refractivity contribution in [3.05, 3.63) is 242 Å². The first kappa shape index (κ1) is 39.4. The van der Waals surface area contributed by atoms with E-state index in [9.17, 15) is 19.8 Å². The van der Waals surface area contributed by atoms with Crippen LogP contribution in [0.5, 0.6) is 0 Å². The second-order valence-electron chi connectivity index (χ2n) is 12.9. The molecule has 4 nitrogen and oxygen atoms in total. The Kier molecular flexibility index (Phi) is 11.7. The van der Waals surface area contributed by atoms with E-state index in [2.05, 4.69) is 79.6 Å². The summed E-state index contributed by atoms with van der Waals surface area (Å²) < 4.78 is 4.39. The summed E-state index contributed by atoms with van der Waals surface area (Å²) in [6.45, 7) is 0. The number of halogens is 5. The number of carbonyl (C=O) groups is 2. The van der Waals surface area contributed by atoms with Crippen molar-refractivity contribution < 1.29 is 19.8 Å². The van der Waals surface area contributed by atoms with E-state index < -0.39 is 11.2 Å². The van der Waals surface area contributed by atoms with Crippen LogP contribution in [-0.2, 0) is 11.2 Å². The van der Waals surface area contributed by atoms with E-state index in [1.807, 2.05) is 127 Å². The van der Waals surface area contributed by atoms with Gasteiger partial charge < -0.3 is 10.2 Å². The van der Waals surface area contributed by atoms with E-state index in [0.29, 0.717) is 44.5 Å². The number of ketones is 2. The van der Waals surface area contributed by atoms with E-state index in [4.69, 9.17) is 0 Å². The molecule has 272 valence electrons. The van der Waals surface area contributed by atoms with E-state index in [1.165, 1.54) is 0 Å². The Morgan fingerprint density at radius 3 is 1.04 bits per heavy atom. The molecule has 0 heterocycles. The summed E-state index contributed by atoms with van der Waals surface area (Å²) in [5.41, 5.74) is 3.19. The molecule has 7 aromatic rings. The highest BCUT2D eigenvalue weighted by Gasteiger charge is 2.51. The van der Waals surface area contributed by atoms with Crippen LogP contribution in [0.1, 0.15) is 65.2 Å². The first-order valence-corrected chi connectivity index (χ1v) is 20.9. The Balaban J connectivity index is 0.000000156. The van der Waals surface area contributed by atoms with Gasteiger partial charge in [-0.15, -0.1) is 0 Å². The highest BCUT2D eigenvalue weighted by molar-refractivity contribution is 9.11. The summed E-state index contributed by atoms with van der Waals surface area (Å²) in [7, 11) is 0. The first-order valence-electron chi connectivity index (χ1n) is 17.0. The van der Waals surface area contributed by atoms with Gasteiger partial charge in [-0.2, -0.15) is 0 Å². The lowest BCUT2D eigenvalue weighted by molar-refractivity contribution is 0.0746. The van der Waals surface area contributed by atoms with E-state index in [1.54, 1.807) is 36.4 Å². The van der Waals surface area contributed by atoms with Gasteiger partial charge in [0, 0.05) is 55.7 Å². The third-order valence-electron chi connectivity index (χ3n) is 9.58. The fraction of sp³-hybridized carbons (Fsp3) is 0.0435. The van der Waals surface area contributed by atoms with Crippen molar-refractivity contribution in [2.45, 2.75) is 11.2 Å². The van der Waals surface area contributed by atoms with Crippen molar-refractivity contribution in [3.63, 3.8) is 0 Å². The molecule has 9 rings (SSSR count). The first-order chi connectivity index (χ1) is 26.4. The van der Waals surface area contributed by atoms with Crippen LogP contribution in [0, 0.1) is 0 Å². The third kappa shape index (κ3) is 7.56. The molecule has 0 amide bonds. The maximum atomic E-state index is 12.4. The number of rotatable bonds is 2. The topological polar surface area (TPSA) is 74.6 Å². The van der Waals surface area contributed by atoms with Crippen LogP contribution in [0.2, 0.25) is 0 Å². The molecule has 0 spiro atoms. The van der Waals surface area contributed by atoms with Crippen molar-refractivity contribution in [3.8, 4) is 0 Å². The van der Waals surface area contributed by atoms with Gasteiger partial charge in [-0.25, -0.2) is 0 Å². The second kappa shape index (κ2) is 16.4. The minimum absolute atomic E-state index is 0.0976. The summed E-state index contributed by atoms with van der Waals surface area (Å²) in [6, 6.07) is 50.9. The average Bonchev–Trinajstić information content (AvgIpc) is 3.20. The minimum Gasteiger partial charge on any atom is -0.376 e. The molecule has 0 atom stereocenters. The largest absolute Gasteiger partial charge is 0.376 e. The number of fused-ring (bicyclic) bond motifs is 4. The quantitative estimate of drug-likeness (QED) is 0.181. The molecule has 0 fully saturated rings. The minimum atomic E-state index is -1.42. The lowest BCUT2D eigenvalue weighted by atomic mass is 9.63. The molecular weight excluding hydrogens is 1020 g/mol. The Bertz CT molecular complexity index is 2450. The van der Waals surface area contributed by atoms with Gasteiger partial charge in [0.25, 0.3) is 0 Å². The van der Waals surface area contributed by atoms with Gasteiger partial charge in [0.15, 0.2) is 11.6 Å². The molecule has 9 heteroatoms. The van der Waals surface area contributed by atoms with Gasteiger partial charge in [-0.1, -0.05) is 171 Å². The molecule has 0 saturated heterocycles. The van der Waals surface area contributed by atoms with Crippen LogP contribution in [0.4, 0.5) is 0 Å². The Labute approximate surface area is 360 Å². The molecule has 2 N–H and O–H groups in total. The highest BCUT2D eigenvalue weighted by atomic mass is 79.9. The number of aliphatic hydroxyl groups is 2. The fourth-order valence-electron chi connectivity index (χ4n) is 7.04. The van der Waals surface area contributed by atoms with Crippen LogP contribution in [0.25, 0.3) is 0 Å². The molecule has 0 radical (unpaired) electrons. The molecule has 7 aromatic carbocycles. The van der Waals surface area contributed by atoms with Gasteiger partial charge in [0.2, 0.25) is 0 Å². The van der Waals surface area contributed by atoms with E-state index in [0.717, 1.165) is 33.5 Å². The lowest BCUT2D eigenvalue weighted by Crippen LogP contribution is -2.44. The van der Waals surface area contributed by atoms with Crippen LogP contribution >= 0.6 is 79.6 Å². The average molecular weight is 1050 g/mol. The number of hydrogen-bond acceptors (Lipinski definition) is 4. The molecule has 0 saturated carbocycles. The van der Waals surface area contributed by atoms with Gasteiger partial charge in [-0.05, 0) is 95.1 Å². The zero-order valence-corrected chi connectivity index (χ0v) is 36.6. The molecular formula is C46H29Br5O4. The molecule has 0 unspecified atom stereocenters. The Morgan fingerprint density at radius 2 is 0.655 bits per heavy atom. The van der Waals surface area contributed by atoms with Crippen molar-refractivity contribution >= 4 is 91.2 Å². The monoisotopic (exact) mass is 1040 g/mol. The van der Waals surface area contributed by atoms with Crippen LogP contribution in [0.3, 0.4) is 0 Å². The number of benzene rings is 7. The molecule has 2 aliphatic carbocycles. The van der Waals surface area contributed by atoms with Gasteiger partial charge >= 0.3 is 0 Å². The van der Waals surface area contributed by atoms with Crippen molar-refractivity contribution in [2.75, 3.05) is 0 Å². The summed E-state index contributed by atoms with van der Waals surface area (Å²) in [4.78, 5) is 24.7. The van der Waals surface area contributed by atoms with Gasteiger partial charge in [-0.3, -0.25) is 9.59 Å². The zero-order chi connectivity index (χ0) is 38.9. The predicted molar refractivity (Wildman–Crippen MR) is 235 cm³/mol. The molecule has 0 aliphatic heterocycles. The van der Waals surface area contributed by atoms with Crippen molar-refractivity contribution in [1.82, 2.24) is 0 Å². The highest BCUT2D eigenvalue weighted by Crippen LogP contribution is 2.54. The maximum absolute atomic E-state index is 12.4. The van der Waals surface area contributed by atoms with Crippen molar-refractivity contribution in [1.29, 1.82) is 0 Å². The standard InChI is InChI=1S/C26H18Br2O2.C14H6Br2O2.C6H5Br/c27-19-11-13-21-23(15-19)26(30,18-9-5-2-6-10-18)24-16-20(28)12-14-22(24)25(21,29)17-7-3-1-4-8-17;15-7-1-3-9-11(5-7)14(18)12-6-8(16)2-4-10(12)13(9)17;7-6-4-2-1-3-5-6/h1-16,29-30H;1-6H;1-5H. The number of hydrogen-bond donors (Lipinski definition) is 2. The molecule has 2 aliphatic rings. The SMILES string of the molecule is Brc1ccccc1.O=C1c2ccc(Br)cc2C(=O)c2cc(Br)ccc21.OC1(c2ccccc2)c2ccc(Br)cc2C(O)(c2ccccc2)c2cc(Br)ccc21. The van der Waals surface area contributed by atoms with Crippen molar-refractivity contribution in [2.24, 2.45) is 0 Å². The van der Waals surface area contributed by atoms with Crippen LogP contribution in [-0.4, -0.2) is 21.8 Å². The van der Waals surface area contributed by atoms with E-state index >= 15 is 0 Å². The summed E-state index contributed by atoms with van der Waals surface area (Å²) in [5.74, 6) is -0.207. The summed E-state index contributed by atoms with van der Waals surface area (Å²) >= 11 is 17.1. The van der Waals surface area contributed by atoms with E-state index in [-0.39, 0.29) is 11.6 Å². The molecule has 55 heavy (non-hydrogen) atoms. The second-order valence-corrected chi connectivity index (χ2v) is 17.4. The third-order valence-corrected chi connectivity index (χ3v) is 12.1. The predicted octanol–water partition coefficient (Wildman–Crippen LogP) is 12.5. The van der Waals surface area contributed by atoms with Crippen LogP contribution < -0.4 is 0 Å². The smallest absolute Gasteiger partial charge is 0.194 e. The maximum Gasteiger partial charge on any atom is 0.194 e. The Hall–Kier alpha value is -3.80. The fourth-order valence-corrected chi connectivity index (χ4v) is 8.79. The summed E-state index contributed by atoms with van der Waals surface area (Å²) in [6.07, 6.45) is 0. The normalized spacial score (nSPS) is 17.6. The van der Waals surface area contributed by atoms with Crippen LogP contribution in [0.15, 0.2) is 186 Å². The molecule has 0 bridgehead atoms. The zero-order valence-electron chi connectivity index (χ0n) is 28.7. The lowest BCUT2D eigenvalue weighted by Gasteiger charge is -2.45. The molecule has 0 aromatic heterocycles. The summed E-state index contributed by atoms with van der Waals surface area (Å²) in [5, 5.41) is 24.6. The van der Waals surface area contributed by atoms with Gasteiger partial charge in [0.05, 0.1) is 0 Å².